The molecule has 1 aliphatic rings. The Balaban J connectivity index is 1.91. The lowest BCUT2D eigenvalue weighted by Crippen LogP contribution is -2.44. The van der Waals surface area contributed by atoms with E-state index in [9.17, 15) is 0 Å². The van der Waals surface area contributed by atoms with Gasteiger partial charge in [0.15, 0.2) is 0 Å². The number of hydrogen-bond donors (Lipinski definition) is 3. The number of nitrogens with one attached hydrogen (secondary N) is 2. The van der Waals surface area contributed by atoms with E-state index in [-0.39, 0.29) is 6.04 Å². The van der Waals surface area contributed by atoms with Crippen molar-refractivity contribution in [1.82, 2.24) is 15.1 Å². The van der Waals surface area contributed by atoms with Crippen LogP contribution in [0.25, 0.3) is 0 Å². The second-order valence-corrected chi connectivity index (χ2v) is 4.76. The first-order valence-electron chi connectivity index (χ1n) is 5.92. The van der Waals surface area contributed by atoms with Gasteiger partial charge in [-0.15, -0.1) is 0 Å². The summed E-state index contributed by atoms with van der Waals surface area (Å²) in [5, 5.41) is 11.0. The minimum absolute atomic E-state index is 0.183. The molecule has 0 radical (unpaired) electrons. The van der Waals surface area contributed by atoms with Crippen LogP contribution in [0.4, 0.5) is 5.82 Å². The zero-order valence-electron chi connectivity index (χ0n) is 9.98. The fraction of sp³-hybridized carbons (Fsp3) is 0.727. The molecule has 5 nitrogen and oxygen atoms in total. The Morgan fingerprint density at radius 1 is 1.62 bits per heavy atom. The molecule has 0 aromatic carbocycles. The summed E-state index contributed by atoms with van der Waals surface area (Å²) in [4.78, 5) is 0. The zero-order valence-corrected chi connectivity index (χ0v) is 9.98. The third-order valence-corrected chi connectivity index (χ3v) is 3.15. The Bertz CT molecular complexity index is 329. The average molecular weight is 223 g/mol. The highest BCUT2D eigenvalue weighted by Gasteiger charge is 2.21. The van der Waals surface area contributed by atoms with Gasteiger partial charge in [-0.25, -0.2) is 4.68 Å². The first-order chi connectivity index (χ1) is 7.68. The van der Waals surface area contributed by atoms with Gasteiger partial charge < -0.3 is 16.4 Å². The molecule has 1 saturated heterocycles. The molecule has 0 aliphatic carbocycles. The summed E-state index contributed by atoms with van der Waals surface area (Å²) in [6.45, 7) is 7.09. The van der Waals surface area contributed by atoms with Crippen LogP contribution in [0.15, 0.2) is 12.3 Å². The lowest BCUT2D eigenvalue weighted by molar-refractivity contribution is 0.321. The van der Waals surface area contributed by atoms with Crippen molar-refractivity contribution in [3.8, 4) is 0 Å². The van der Waals surface area contributed by atoms with Crippen LogP contribution in [0.3, 0.4) is 0 Å². The highest BCUT2D eigenvalue weighted by atomic mass is 15.4. The lowest BCUT2D eigenvalue weighted by atomic mass is 10.1. The second kappa shape index (κ2) is 4.84. The normalized spacial score (nSPS) is 18.5. The monoisotopic (exact) mass is 223 g/mol. The van der Waals surface area contributed by atoms with Crippen LogP contribution in [-0.2, 0) is 0 Å². The molecule has 1 aromatic heterocycles. The Kier molecular flexibility index (Phi) is 3.46. The van der Waals surface area contributed by atoms with Gasteiger partial charge in [-0.2, -0.15) is 5.10 Å². The molecular weight excluding hydrogens is 202 g/mol. The summed E-state index contributed by atoms with van der Waals surface area (Å²) < 4.78 is 2.05. The van der Waals surface area contributed by atoms with Crippen LogP contribution >= 0.6 is 0 Å². The van der Waals surface area contributed by atoms with Gasteiger partial charge in [0.1, 0.15) is 5.82 Å². The van der Waals surface area contributed by atoms with E-state index in [1.165, 1.54) is 0 Å². The molecule has 0 amide bonds. The predicted molar refractivity (Wildman–Crippen MR) is 65.4 cm³/mol. The highest BCUT2D eigenvalue weighted by Crippen LogP contribution is 2.17. The van der Waals surface area contributed by atoms with Gasteiger partial charge in [0.05, 0.1) is 12.2 Å². The van der Waals surface area contributed by atoms with E-state index in [4.69, 9.17) is 5.73 Å². The Labute approximate surface area is 96.4 Å². The minimum atomic E-state index is 0.183. The van der Waals surface area contributed by atoms with E-state index < -0.39 is 0 Å². The molecular formula is C11H21N5. The molecule has 4 N–H and O–H groups in total. The van der Waals surface area contributed by atoms with Gasteiger partial charge in [0.2, 0.25) is 0 Å². The van der Waals surface area contributed by atoms with Crippen molar-refractivity contribution >= 4 is 5.82 Å². The summed E-state index contributed by atoms with van der Waals surface area (Å²) in [5.74, 6) is 1.57. The molecule has 0 spiro atoms. The van der Waals surface area contributed by atoms with E-state index in [1.807, 2.05) is 16.9 Å². The average Bonchev–Trinajstić information content (AvgIpc) is 2.59. The van der Waals surface area contributed by atoms with Gasteiger partial charge in [0, 0.05) is 31.7 Å². The van der Waals surface area contributed by atoms with Crippen molar-refractivity contribution in [2.45, 2.75) is 25.9 Å². The van der Waals surface area contributed by atoms with Gasteiger partial charge in [0.25, 0.3) is 0 Å². The summed E-state index contributed by atoms with van der Waals surface area (Å²) in [7, 11) is 0. The van der Waals surface area contributed by atoms with Gasteiger partial charge >= 0.3 is 0 Å². The van der Waals surface area contributed by atoms with E-state index >= 15 is 0 Å². The van der Waals surface area contributed by atoms with Crippen molar-refractivity contribution in [2.24, 2.45) is 11.7 Å². The number of nitrogens with zero attached hydrogens (tertiary/aromatic N) is 2. The molecule has 2 rings (SSSR count). The summed E-state index contributed by atoms with van der Waals surface area (Å²) in [6, 6.07) is 2.68. The Morgan fingerprint density at radius 2 is 2.38 bits per heavy atom. The van der Waals surface area contributed by atoms with Gasteiger partial charge in [-0.05, 0) is 5.92 Å². The van der Waals surface area contributed by atoms with Crippen LogP contribution in [0.1, 0.15) is 19.9 Å². The fourth-order valence-corrected chi connectivity index (χ4v) is 1.65. The van der Waals surface area contributed by atoms with Crippen LogP contribution in [0, 0.1) is 5.92 Å². The Morgan fingerprint density at radius 3 is 2.94 bits per heavy atom. The van der Waals surface area contributed by atoms with Gasteiger partial charge in [-0.1, -0.05) is 13.8 Å². The maximum Gasteiger partial charge on any atom is 0.124 e. The standard InChI is InChI=1S/C11H21N5/c1-8(2)10(12)7-14-11-3-4-15-16(11)9-5-13-6-9/h3-4,8-10,13-14H,5-7,12H2,1-2H3. The van der Waals surface area contributed by atoms with E-state index in [2.05, 4.69) is 29.6 Å². The number of hydrogen-bond acceptors (Lipinski definition) is 4. The van der Waals surface area contributed by atoms with Crippen LogP contribution < -0.4 is 16.4 Å². The van der Waals surface area contributed by atoms with Crippen LogP contribution in [0.2, 0.25) is 0 Å². The molecule has 1 unspecified atom stereocenters. The molecule has 1 aliphatic heterocycles. The molecule has 0 saturated carbocycles. The topological polar surface area (TPSA) is 67.9 Å². The van der Waals surface area contributed by atoms with Crippen molar-refractivity contribution in [3.63, 3.8) is 0 Å². The summed E-state index contributed by atoms with van der Waals surface area (Å²) in [5.41, 5.74) is 6.00. The van der Waals surface area contributed by atoms with Crippen LogP contribution in [0.5, 0.6) is 0 Å². The largest absolute Gasteiger partial charge is 0.369 e. The zero-order chi connectivity index (χ0) is 11.5. The third kappa shape index (κ3) is 2.36. The number of nitrogens with two attached hydrogens (primary N) is 1. The van der Waals surface area contributed by atoms with E-state index in [1.54, 1.807) is 0 Å². The highest BCUT2D eigenvalue weighted by molar-refractivity contribution is 5.35. The van der Waals surface area contributed by atoms with Crippen LogP contribution in [-0.4, -0.2) is 35.5 Å². The third-order valence-electron chi connectivity index (χ3n) is 3.15. The van der Waals surface area contributed by atoms with Crippen molar-refractivity contribution in [3.05, 3.63) is 12.3 Å². The molecule has 1 fully saturated rings. The number of rotatable bonds is 5. The molecule has 5 heteroatoms. The van der Waals surface area contributed by atoms with Crippen molar-refractivity contribution < 1.29 is 0 Å². The summed E-state index contributed by atoms with van der Waals surface area (Å²) in [6.07, 6.45) is 1.83. The quantitative estimate of drug-likeness (QED) is 0.677. The van der Waals surface area contributed by atoms with Crippen molar-refractivity contribution in [2.75, 3.05) is 25.0 Å². The van der Waals surface area contributed by atoms with E-state index in [0.717, 1.165) is 25.5 Å². The fourth-order valence-electron chi connectivity index (χ4n) is 1.65. The van der Waals surface area contributed by atoms with Crippen molar-refractivity contribution in [1.29, 1.82) is 0 Å². The molecule has 0 bridgehead atoms. The molecule has 1 atom stereocenters. The molecule has 90 valence electrons. The van der Waals surface area contributed by atoms with Gasteiger partial charge in [-0.3, -0.25) is 0 Å². The Hall–Kier alpha value is -1.07. The molecule has 1 aromatic rings. The lowest BCUT2D eigenvalue weighted by Gasteiger charge is -2.29. The maximum absolute atomic E-state index is 6.00. The smallest absolute Gasteiger partial charge is 0.124 e. The van der Waals surface area contributed by atoms with E-state index in [0.29, 0.717) is 12.0 Å². The minimum Gasteiger partial charge on any atom is -0.369 e. The maximum atomic E-state index is 6.00. The first-order valence-corrected chi connectivity index (χ1v) is 5.92. The summed E-state index contributed by atoms with van der Waals surface area (Å²) >= 11 is 0. The SMILES string of the molecule is CC(C)C(N)CNc1ccnn1C1CNC1. The number of aromatic nitrogens is 2. The number of anilines is 1. The first kappa shape index (κ1) is 11.4. The predicted octanol–water partition coefficient (Wildman–Crippen LogP) is 0.423. The molecule has 2 heterocycles. The second-order valence-electron chi connectivity index (χ2n) is 4.76. The molecule has 16 heavy (non-hydrogen) atoms.